The standard InChI is InChI=1S/C20H26N2O/c1-20(2,3)17-11-16(13-22-14-17)9-10-19(23)18(21)12-15-7-5-4-6-8-15/h4-8,11,13-14,18H,9-10,12,21H2,1-3H3/t18-/m0/s1. The minimum Gasteiger partial charge on any atom is -0.321 e. The van der Waals surface area contributed by atoms with E-state index in [2.05, 4.69) is 31.8 Å². The molecule has 2 rings (SSSR count). The molecule has 122 valence electrons. The summed E-state index contributed by atoms with van der Waals surface area (Å²) in [6, 6.07) is 11.6. The number of carbonyl (C=O) groups is 1. The molecule has 0 radical (unpaired) electrons. The Hall–Kier alpha value is -2.00. The lowest BCUT2D eigenvalue weighted by atomic mass is 9.87. The number of nitrogens with zero attached hydrogens (tertiary/aromatic N) is 1. The third kappa shape index (κ3) is 5.29. The highest BCUT2D eigenvalue weighted by molar-refractivity contribution is 5.84. The summed E-state index contributed by atoms with van der Waals surface area (Å²) >= 11 is 0. The number of rotatable bonds is 6. The fraction of sp³-hybridized carbons (Fsp3) is 0.400. The Kier molecular flexibility index (Phi) is 5.67. The van der Waals surface area contributed by atoms with E-state index in [9.17, 15) is 4.79 Å². The quantitative estimate of drug-likeness (QED) is 0.889. The van der Waals surface area contributed by atoms with Gasteiger partial charge in [0.15, 0.2) is 0 Å². The molecule has 0 aliphatic rings. The summed E-state index contributed by atoms with van der Waals surface area (Å²) in [7, 11) is 0. The average Bonchev–Trinajstić information content (AvgIpc) is 2.53. The number of hydrogen-bond acceptors (Lipinski definition) is 3. The van der Waals surface area contributed by atoms with Crippen LogP contribution < -0.4 is 5.73 Å². The van der Waals surface area contributed by atoms with E-state index in [1.807, 2.05) is 42.7 Å². The predicted octanol–water partition coefficient (Wildman–Crippen LogP) is 3.45. The predicted molar refractivity (Wildman–Crippen MR) is 94.4 cm³/mol. The first-order valence-electron chi connectivity index (χ1n) is 8.13. The lowest BCUT2D eigenvalue weighted by molar-refractivity contribution is -0.120. The number of ketones is 1. The van der Waals surface area contributed by atoms with Crippen LogP contribution in [0.2, 0.25) is 0 Å². The van der Waals surface area contributed by atoms with Gasteiger partial charge in [-0.15, -0.1) is 0 Å². The van der Waals surface area contributed by atoms with Gasteiger partial charge in [-0.1, -0.05) is 57.2 Å². The molecule has 3 nitrogen and oxygen atoms in total. The highest BCUT2D eigenvalue weighted by Gasteiger charge is 2.16. The van der Waals surface area contributed by atoms with Gasteiger partial charge in [0.05, 0.1) is 6.04 Å². The number of carbonyl (C=O) groups excluding carboxylic acids is 1. The Morgan fingerprint density at radius 2 is 1.83 bits per heavy atom. The van der Waals surface area contributed by atoms with Crippen LogP contribution in [0.5, 0.6) is 0 Å². The first-order valence-corrected chi connectivity index (χ1v) is 8.13. The van der Waals surface area contributed by atoms with E-state index < -0.39 is 6.04 Å². The number of aromatic nitrogens is 1. The lowest BCUT2D eigenvalue weighted by Crippen LogP contribution is -2.32. The first kappa shape index (κ1) is 17.4. The number of Topliss-reactive ketones (excluding diaryl/α,β-unsaturated/α-hetero) is 1. The number of pyridine rings is 1. The molecule has 1 aromatic carbocycles. The Bertz CT molecular complexity index is 644. The van der Waals surface area contributed by atoms with E-state index in [4.69, 9.17) is 5.73 Å². The molecule has 0 bridgehead atoms. The number of nitrogens with two attached hydrogens (primary N) is 1. The highest BCUT2D eigenvalue weighted by atomic mass is 16.1. The monoisotopic (exact) mass is 310 g/mol. The Balaban J connectivity index is 1.91. The van der Waals surface area contributed by atoms with Crippen LogP contribution in [0.25, 0.3) is 0 Å². The van der Waals surface area contributed by atoms with Gasteiger partial charge < -0.3 is 5.73 Å². The van der Waals surface area contributed by atoms with Crippen molar-refractivity contribution in [3.05, 3.63) is 65.5 Å². The van der Waals surface area contributed by atoms with E-state index in [1.165, 1.54) is 5.56 Å². The van der Waals surface area contributed by atoms with E-state index in [-0.39, 0.29) is 11.2 Å². The van der Waals surface area contributed by atoms with Crippen molar-refractivity contribution in [1.29, 1.82) is 0 Å². The third-order valence-electron chi connectivity index (χ3n) is 4.03. The molecular weight excluding hydrogens is 284 g/mol. The number of aryl methyl sites for hydroxylation is 1. The summed E-state index contributed by atoms with van der Waals surface area (Å²) < 4.78 is 0. The third-order valence-corrected chi connectivity index (χ3v) is 4.03. The van der Waals surface area contributed by atoms with Crippen LogP contribution in [-0.4, -0.2) is 16.8 Å². The molecule has 3 heteroatoms. The van der Waals surface area contributed by atoms with Crippen molar-refractivity contribution >= 4 is 5.78 Å². The first-order chi connectivity index (χ1) is 10.9. The molecule has 0 saturated heterocycles. The van der Waals surface area contributed by atoms with E-state index in [1.54, 1.807) is 0 Å². The molecule has 0 unspecified atom stereocenters. The van der Waals surface area contributed by atoms with E-state index in [0.717, 1.165) is 11.1 Å². The van der Waals surface area contributed by atoms with E-state index >= 15 is 0 Å². The van der Waals surface area contributed by atoms with Crippen molar-refractivity contribution in [2.24, 2.45) is 5.73 Å². The van der Waals surface area contributed by atoms with Gasteiger partial charge in [0.25, 0.3) is 0 Å². The molecule has 0 spiro atoms. The summed E-state index contributed by atoms with van der Waals surface area (Å²) in [6.45, 7) is 6.48. The minimum atomic E-state index is -0.434. The number of benzene rings is 1. The summed E-state index contributed by atoms with van der Waals surface area (Å²) in [5.74, 6) is 0.106. The zero-order chi connectivity index (χ0) is 16.9. The van der Waals surface area contributed by atoms with Crippen LogP contribution in [0, 0.1) is 0 Å². The Labute approximate surface area is 138 Å². The van der Waals surface area contributed by atoms with Gasteiger partial charge in [-0.3, -0.25) is 9.78 Å². The second kappa shape index (κ2) is 7.51. The van der Waals surface area contributed by atoms with Crippen LogP contribution in [-0.2, 0) is 23.1 Å². The van der Waals surface area contributed by atoms with Gasteiger partial charge >= 0.3 is 0 Å². The van der Waals surface area contributed by atoms with Crippen molar-refractivity contribution in [2.45, 2.75) is 51.5 Å². The second-order valence-electron chi connectivity index (χ2n) is 7.09. The van der Waals surface area contributed by atoms with Crippen LogP contribution in [0.1, 0.15) is 43.9 Å². The Morgan fingerprint density at radius 1 is 1.13 bits per heavy atom. The van der Waals surface area contributed by atoms with Gasteiger partial charge in [-0.2, -0.15) is 0 Å². The molecule has 0 aliphatic carbocycles. The summed E-state index contributed by atoms with van der Waals surface area (Å²) in [5.41, 5.74) is 9.50. The highest BCUT2D eigenvalue weighted by Crippen LogP contribution is 2.22. The fourth-order valence-electron chi connectivity index (χ4n) is 2.47. The average molecular weight is 310 g/mol. The van der Waals surface area contributed by atoms with Gasteiger partial charge in [-0.05, 0) is 34.9 Å². The van der Waals surface area contributed by atoms with Gasteiger partial charge in [0.2, 0.25) is 0 Å². The maximum atomic E-state index is 12.3. The van der Waals surface area contributed by atoms with Crippen molar-refractivity contribution in [3.63, 3.8) is 0 Å². The molecule has 1 heterocycles. The Morgan fingerprint density at radius 3 is 2.48 bits per heavy atom. The fourth-order valence-corrected chi connectivity index (χ4v) is 2.47. The number of hydrogen-bond donors (Lipinski definition) is 1. The zero-order valence-electron chi connectivity index (χ0n) is 14.3. The van der Waals surface area contributed by atoms with Crippen molar-refractivity contribution in [3.8, 4) is 0 Å². The molecule has 23 heavy (non-hydrogen) atoms. The smallest absolute Gasteiger partial charge is 0.150 e. The van der Waals surface area contributed by atoms with Crippen molar-refractivity contribution < 1.29 is 4.79 Å². The van der Waals surface area contributed by atoms with E-state index in [0.29, 0.717) is 19.3 Å². The van der Waals surface area contributed by atoms with Gasteiger partial charge in [0, 0.05) is 18.8 Å². The molecule has 0 saturated carbocycles. The SMILES string of the molecule is CC(C)(C)c1cncc(CCC(=O)[C@@H](N)Cc2ccccc2)c1. The molecule has 2 N–H and O–H groups in total. The maximum Gasteiger partial charge on any atom is 0.150 e. The van der Waals surface area contributed by atoms with Crippen molar-refractivity contribution in [2.75, 3.05) is 0 Å². The lowest BCUT2D eigenvalue weighted by Gasteiger charge is -2.19. The minimum absolute atomic E-state index is 0.0662. The van der Waals surface area contributed by atoms with Crippen LogP contribution >= 0.6 is 0 Å². The maximum absolute atomic E-state index is 12.3. The zero-order valence-corrected chi connectivity index (χ0v) is 14.3. The van der Waals surface area contributed by atoms with Gasteiger partial charge in [0.1, 0.15) is 5.78 Å². The molecule has 1 atom stereocenters. The molecule has 0 aliphatic heterocycles. The normalized spacial score (nSPS) is 12.9. The summed E-state index contributed by atoms with van der Waals surface area (Å²) in [6.07, 6.45) is 5.49. The largest absolute Gasteiger partial charge is 0.321 e. The van der Waals surface area contributed by atoms with Gasteiger partial charge in [-0.25, -0.2) is 0 Å². The van der Waals surface area contributed by atoms with Crippen LogP contribution in [0.4, 0.5) is 0 Å². The summed E-state index contributed by atoms with van der Waals surface area (Å²) in [4.78, 5) is 16.6. The topological polar surface area (TPSA) is 56.0 Å². The molecular formula is C20H26N2O. The van der Waals surface area contributed by atoms with Crippen LogP contribution in [0.15, 0.2) is 48.8 Å². The second-order valence-corrected chi connectivity index (χ2v) is 7.09. The molecule has 0 amide bonds. The summed E-state index contributed by atoms with van der Waals surface area (Å²) in [5, 5.41) is 0. The molecule has 2 aromatic rings. The molecule has 1 aromatic heterocycles. The van der Waals surface area contributed by atoms with Crippen molar-refractivity contribution in [1.82, 2.24) is 4.98 Å². The molecule has 0 fully saturated rings. The van der Waals surface area contributed by atoms with Crippen LogP contribution in [0.3, 0.4) is 0 Å².